The van der Waals surface area contributed by atoms with E-state index in [4.69, 9.17) is 4.74 Å². The largest absolute Gasteiger partial charge is 0.376 e. The molecule has 23 heavy (non-hydrogen) atoms. The average Bonchev–Trinajstić information content (AvgIpc) is 3.19. The van der Waals surface area contributed by atoms with Gasteiger partial charge in [-0.2, -0.15) is 5.10 Å². The van der Waals surface area contributed by atoms with Crippen molar-refractivity contribution < 1.29 is 13.9 Å². The zero-order valence-electron chi connectivity index (χ0n) is 12.8. The minimum atomic E-state index is -0.376. The average molecular weight is 318 g/mol. The molecular formula is C16H19FN4O2. The van der Waals surface area contributed by atoms with Gasteiger partial charge in [0.1, 0.15) is 11.5 Å². The van der Waals surface area contributed by atoms with Crippen LogP contribution in [0.2, 0.25) is 0 Å². The molecule has 1 aromatic carbocycles. The second kappa shape index (κ2) is 6.78. The second-order valence-electron chi connectivity index (χ2n) is 5.56. The summed E-state index contributed by atoms with van der Waals surface area (Å²) in [6.45, 7) is 2.66. The third kappa shape index (κ3) is 3.68. The van der Waals surface area contributed by atoms with Gasteiger partial charge in [-0.25, -0.2) is 13.9 Å². The highest BCUT2D eigenvalue weighted by Gasteiger charge is 2.23. The van der Waals surface area contributed by atoms with Gasteiger partial charge in [0.15, 0.2) is 0 Å². The molecule has 0 radical (unpaired) electrons. The number of hydrogen-bond acceptors (Lipinski definition) is 3. The summed E-state index contributed by atoms with van der Waals surface area (Å²) in [5.41, 5.74) is 0.818. The number of urea groups is 1. The molecule has 1 fully saturated rings. The number of para-hydroxylation sites is 1. The van der Waals surface area contributed by atoms with Crippen LogP contribution in [-0.2, 0) is 4.74 Å². The normalized spacial score (nSPS) is 18.6. The number of aromatic nitrogens is 2. The lowest BCUT2D eigenvalue weighted by molar-refractivity contribution is 0.0868. The molecule has 7 heteroatoms. The van der Waals surface area contributed by atoms with Crippen molar-refractivity contribution in [3.05, 3.63) is 42.5 Å². The monoisotopic (exact) mass is 318 g/mol. The predicted octanol–water partition coefficient (Wildman–Crippen LogP) is 2.70. The van der Waals surface area contributed by atoms with Gasteiger partial charge in [0.05, 0.1) is 30.2 Å². The number of amides is 2. The molecule has 1 aromatic heterocycles. The van der Waals surface area contributed by atoms with Gasteiger partial charge in [-0.1, -0.05) is 12.1 Å². The van der Waals surface area contributed by atoms with E-state index in [0.717, 1.165) is 19.4 Å². The van der Waals surface area contributed by atoms with Crippen LogP contribution in [0.4, 0.5) is 14.9 Å². The fraction of sp³-hybridized carbons (Fsp3) is 0.375. The van der Waals surface area contributed by atoms with E-state index < -0.39 is 0 Å². The Kier molecular flexibility index (Phi) is 4.57. The summed E-state index contributed by atoms with van der Waals surface area (Å²) >= 11 is 0. The number of carbonyl (C=O) groups excluding carboxylic acids is 1. The first-order chi connectivity index (χ1) is 11.1. The number of rotatable bonds is 4. The van der Waals surface area contributed by atoms with E-state index in [2.05, 4.69) is 15.7 Å². The van der Waals surface area contributed by atoms with E-state index in [0.29, 0.717) is 11.4 Å². The highest BCUT2D eigenvalue weighted by atomic mass is 19.1. The molecule has 1 aliphatic rings. The van der Waals surface area contributed by atoms with Crippen molar-refractivity contribution in [2.24, 2.45) is 0 Å². The van der Waals surface area contributed by atoms with Gasteiger partial charge < -0.3 is 15.4 Å². The van der Waals surface area contributed by atoms with Crippen LogP contribution in [0.5, 0.6) is 0 Å². The fourth-order valence-corrected chi connectivity index (χ4v) is 2.62. The number of nitrogens with zero attached hydrogens (tertiary/aromatic N) is 2. The SMILES string of the molecule is CC(NC(=O)Nc1cnn(-c2ccccc2F)c1)C1CCCO1. The Morgan fingerprint density at radius 2 is 2.30 bits per heavy atom. The number of halogens is 1. The van der Waals surface area contributed by atoms with E-state index >= 15 is 0 Å². The first-order valence-corrected chi connectivity index (χ1v) is 7.62. The Hall–Kier alpha value is -2.41. The van der Waals surface area contributed by atoms with E-state index in [-0.39, 0.29) is 24.0 Å². The summed E-state index contributed by atoms with van der Waals surface area (Å²) in [7, 11) is 0. The number of anilines is 1. The molecule has 2 N–H and O–H groups in total. The first-order valence-electron chi connectivity index (χ1n) is 7.62. The molecule has 6 nitrogen and oxygen atoms in total. The number of ether oxygens (including phenoxy) is 1. The summed E-state index contributed by atoms with van der Waals surface area (Å²) in [4.78, 5) is 12.0. The lowest BCUT2D eigenvalue weighted by Crippen LogP contribution is -2.42. The van der Waals surface area contributed by atoms with Crippen LogP contribution in [0.25, 0.3) is 5.69 Å². The van der Waals surface area contributed by atoms with E-state index in [1.165, 1.54) is 16.9 Å². The molecule has 2 atom stereocenters. The molecule has 2 unspecified atom stereocenters. The molecule has 3 rings (SSSR count). The first kappa shape index (κ1) is 15.5. The summed E-state index contributed by atoms with van der Waals surface area (Å²) < 4.78 is 20.6. The fourth-order valence-electron chi connectivity index (χ4n) is 2.62. The van der Waals surface area contributed by atoms with Crippen LogP contribution in [0.1, 0.15) is 19.8 Å². The standard InChI is InChI=1S/C16H19FN4O2/c1-11(15-7-4-8-23-15)19-16(22)20-12-9-18-21(10-12)14-6-3-2-5-13(14)17/h2-3,5-6,9-11,15H,4,7-8H2,1H3,(H2,19,20,22). The highest BCUT2D eigenvalue weighted by Crippen LogP contribution is 2.16. The van der Waals surface area contributed by atoms with E-state index in [9.17, 15) is 9.18 Å². The van der Waals surface area contributed by atoms with Gasteiger partial charge >= 0.3 is 6.03 Å². The maximum Gasteiger partial charge on any atom is 0.319 e. The smallest absolute Gasteiger partial charge is 0.319 e. The predicted molar refractivity (Wildman–Crippen MR) is 84.1 cm³/mol. The zero-order valence-corrected chi connectivity index (χ0v) is 12.8. The third-order valence-electron chi connectivity index (χ3n) is 3.82. The number of nitrogens with one attached hydrogen (secondary N) is 2. The Morgan fingerprint density at radius 1 is 1.48 bits per heavy atom. The maximum atomic E-state index is 13.7. The van der Waals surface area contributed by atoms with Crippen molar-refractivity contribution >= 4 is 11.7 Å². The molecule has 2 heterocycles. The summed E-state index contributed by atoms with van der Waals surface area (Å²) in [5.74, 6) is -0.376. The van der Waals surface area contributed by atoms with E-state index in [1.54, 1.807) is 24.4 Å². The summed E-state index contributed by atoms with van der Waals surface area (Å²) in [6.07, 6.45) is 5.07. The maximum absolute atomic E-state index is 13.7. The van der Waals surface area contributed by atoms with Crippen molar-refractivity contribution in [3.8, 4) is 5.69 Å². The van der Waals surface area contributed by atoms with Crippen LogP contribution >= 0.6 is 0 Å². The third-order valence-corrected chi connectivity index (χ3v) is 3.82. The molecule has 0 spiro atoms. The van der Waals surface area contributed by atoms with Crippen LogP contribution in [-0.4, -0.2) is 34.6 Å². The van der Waals surface area contributed by atoms with Crippen LogP contribution < -0.4 is 10.6 Å². The van der Waals surface area contributed by atoms with Gasteiger partial charge in [-0.15, -0.1) is 0 Å². The quantitative estimate of drug-likeness (QED) is 0.911. The molecule has 0 saturated carbocycles. The Morgan fingerprint density at radius 3 is 3.04 bits per heavy atom. The van der Waals surface area contributed by atoms with Crippen LogP contribution in [0.3, 0.4) is 0 Å². The van der Waals surface area contributed by atoms with Crippen molar-refractivity contribution in [1.82, 2.24) is 15.1 Å². The van der Waals surface area contributed by atoms with Crippen molar-refractivity contribution in [3.63, 3.8) is 0 Å². The molecule has 122 valence electrons. The van der Waals surface area contributed by atoms with Gasteiger partial charge in [0.25, 0.3) is 0 Å². The van der Waals surface area contributed by atoms with Crippen LogP contribution in [0, 0.1) is 5.82 Å². The highest BCUT2D eigenvalue weighted by molar-refractivity contribution is 5.89. The van der Waals surface area contributed by atoms with Crippen molar-refractivity contribution in [2.75, 3.05) is 11.9 Å². The molecule has 1 aliphatic heterocycles. The van der Waals surface area contributed by atoms with Crippen molar-refractivity contribution in [2.45, 2.75) is 31.9 Å². The van der Waals surface area contributed by atoms with E-state index in [1.807, 2.05) is 6.92 Å². The van der Waals surface area contributed by atoms with Gasteiger partial charge in [0, 0.05) is 6.61 Å². The minimum absolute atomic E-state index is 0.0573. The molecule has 2 aromatic rings. The topological polar surface area (TPSA) is 68.2 Å². The summed E-state index contributed by atoms with van der Waals surface area (Å²) in [6, 6.07) is 5.91. The van der Waals surface area contributed by atoms with Crippen LogP contribution in [0.15, 0.2) is 36.7 Å². The Labute approximate surface area is 133 Å². The molecule has 0 bridgehead atoms. The molecule has 0 aliphatic carbocycles. The minimum Gasteiger partial charge on any atom is -0.376 e. The van der Waals surface area contributed by atoms with Crippen molar-refractivity contribution in [1.29, 1.82) is 0 Å². The molecule has 2 amide bonds. The zero-order chi connectivity index (χ0) is 16.2. The summed E-state index contributed by atoms with van der Waals surface area (Å²) in [5, 5.41) is 9.61. The van der Waals surface area contributed by atoms with Gasteiger partial charge in [-0.05, 0) is 31.9 Å². The number of benzene rings is 1. The Balaban J connectivity index is 1.60. The Bertz CT molecular complexity index is 682. The molecular weight excluding hydrogens is 299 g/mol. The lowest BCUT2D eigenvalue weighted by Gasteiger charge is -2.19. The number of carbonyl (C=O) groups is 1. The lowest BCUT2D eigenvalue weighted by atomic mass is 10.1. The van der Waals surface area contributed by atoms with Gasteiger partial charge in [-0.3, -0.25) is 0 Å². The second-order valence-corrected chi connectivity index (χ2v) is 5.56. The number of hydrogen-bond donors (Lipinski definition) is 2. The molecule has 1 saturated heterocycles. The van der Waals surface area contributed by atoms with Gasteiger partial charge in [0.2, 0.25) is 0 Å².